The second kappa shape index (κ2) is 8.15. The Balaban J connectivity index is 1.49. The van der Waals surface area contributed by atoms with Crippen LogP contribution in [0.25, 0.3) is 64.7 Å². The normalized spacial score (nSPS) is 14.2. The van der Waals surface area contributed by atoms with Gasteiger partial charge in [-0.1, -0.05) is 90.9 Å². The molecule has 0 fully saturated rings. The summed E-state index contributed by atoms with van der Waals surface area (Å²) in [6, 6.07) is 24.1. The van der Waals surface area contributed by atoms with E-state index in [0.717, 1.165) is 31.7 Å². The van der Waals surface area contributed by atoms with Crippen LogP contribution in [-0.2, 0) is 0 Å². The van der Waals surface area contributed by atoms with Gasteiger partial charge in [0.1, 0.15) is 0 Å². The largest absolute Gasteiger partial charge is 0.254 e. The maximum absolute atomic E-state index is 8.88. The topological polar surface area (TPSA) is 25.8 Å². The molecule has 164 valence electrons. The molecule has 3 aromatic heterocycles. The summed E-state index contributed by atoms with van der Waals surface area (Å²) in [6.45, 7) is 0. The first-order chi connectivity index (χ1) is 20.3. The third-order valence-electron chi connectivity index (χ3n) is 6.06. The molecule has 3 heterocycles. The van der Waals surface area contributed by atoms with E-state index in [1.54, 1.807) is 11.3 Å². The Morgan fingerprint density at radius 3 is 2.14 bits per heavy atom. The molecule has 7 rings (SSSR count). The monoisotopic (exact) mass is 471 g/mol. The SMILES string of the molecule is [2H]c1nc2c(c([2H])c1[2H])c([2H])c([2H])c1c([2H])c([2H])c(-c3ccc(-c4ccc(-c5ccccc5)s4)c4ccccc34)nc12. The van der Waals surface area contributed by atoms with Gasteiger partial charge >= 0.3 is 0 Å². The predicted octanol–water partition coefficient (Wildman–Crippen LogP) is 9.00. The predicted molar refractivity (Wildman–Crippen MR) is 149 cm³/mol. The van der Waals surface area contributed by atoms with Crippen molar-refractivity contribution in [3.05, 3.63) is 121 Å². The third-order valence-corrected chi connectivity index (χ3v) is 7.23. The first kappa shape index (κ1) is 14.1. The average molecular weight is 472 g/mol. The van der Waals surface area contributed by atoms with E-state index in [2.05, 4.69) is 29.2 Å². The fourth-order valence-electron chi connectivity index (χ4n) is 4.40. The van der Waals surface area contributed by atoms with E-state index in [4.69, 9.17) is 14.6 Å². The van der Waals surface area contributed by atoms with E-state index >= 15 is 0 Å². The highest BCUT2D eigenvalue weighted by atomic mass is 32.1. The molecule has 0 aliphatic heterocycles. The quantitative estimate of drug-likeness (QED) is 0.240. The standard InChI is InChI=1S/C32H20N2S/c1-2-7-21(8-3-1)29-18-19-30(35-29)27-16-15-26(24-10-4-5-11-25(24)27)28-17-14-23-13-12-22-9-6-20-33-31(22)32(23)34-28/h1-20H/i6D,9D,12D,13D,14D,17D,20D. The molecule has 2 nitrogen and oxygen atoms in total. The highest BCUT2D eigenvalue weighted by Gasteiger charge is 2.13. The molecule has 0 spiro atoms. The molecule has 35 heavy (non-hydrogen) atoms. The molecule has 0 saturated carbocycles. The van der Waals surface area contributed by atoms with Crippen LogP contribution in [0.1, 0.15) is 9.60 Å². The van der Waals surface area contributed by atoms with Gasteiger partial charge in [0.05, 0.1) is 26.3 Å². The van der Waals surface area contributed by atoms with Gasteiger partial charge in [-0.25, -0.2) is 4.98 Å². The van der Waals surface area contributed by atoms with Crippen LogP contribution < -0.4 is 0 Å². The summed E-state index contributed by atoms with van der Waals surface area (Å²) in [7, 11) is 0. The number of nitrogens with zero attached hydrogens (tertiary/aromatic N) is 2. The molecule has 3 heteroatoms. The van der Waals surface area contributed by atoms with Crippen molar-refractivity contribution in [3.8, 4) is 32.1 Å². The lowest BCUT2D eigenvalue weighted by atomic mass is 9.96. The maximum Gasteiger partial charge on any atom is 0.0972 e. The molecule has 0 amide bonds. The zero-order valence-corrected chi connectivity index (χ0v) is 19.1. The number of benzene rings is 4. The van der Waals surface area contributed by atoms with Gasteiger partial charge in [-0.3, -0.25) is 4.98 Å². The van der Waals surface area contributed by atoms with Crippen molar-refractivity contribution < 1.29 is 9.60 Å². The second-order valence-electron chi connectivity index (χ2n) is 8.12. The number of pyridine rings is 2. The van der Waals surface area contributed by atoms with E-state index in [9.17, 15) is 0 Å². The highest BCUT2D eigenvalue weighted by molar-refractivity contribution is 7.18. The number of thiophene rings is 1. The minimum absolute atomic E-state index is 0.0136. The van der Waals surface area contributed by atoms with Crippen molar-refractivity contribution in [3.63, 3.8) is 0 Å². The minimum Gasteiger partial charge on any atom is -0.254 e. The average Bonchev–Trinajstić information content (AvgIpc) is 3.50. The Bertz CT molecular complexity index is 2230. The maximum atomic E-state index is 8.88. The van der Waals surface area contributed by atoms with Crippen molar-refractivity contribution in [2.24, 2.45) is 0 Å². The first-order valence-corrected chi connectivity index (χ1v) is 11.9. The number of hydrogen-bond donors (Lipinski definition) is 0. The van der Waals surface area contributed by atoms with Gasteiger partial charge in [-0.05, 0) is 46.1 Å². The van der Waals surface area contributed by atoms with Crippen molar-refractivity contribution >= 4 is 43.9 Å². The van der Waals surface area contributed by atoms with Crippen molar-refractivity contribution in [2.45, 2.75) is 0 Å². The first-order valence-electron chi connectivity index (χ1n) is 14.6. The van der Waals surface area contributed by atoms with E-state index in [-0.39, 0.29) is 57.7 Å². The Morgan fingerprint density at radius 2 is 1.29 bits per heavy atom. The molecular weight excluding hydrogens is 444 g/mol. The van der Waals surface area contributed by atoms with Crippen LogP contribution in [0.2, 0.25) is 0 Å². The molecule has 0 aliphatic carbocycles. The van der Waals surface area contributed by atoms with E-state index in [0.29, 0.717) is 5.56 Å². The minimum atomic E-state index is -0.448. The number of hydrogen-bond acceptors (Lipinski definition) is 3. The number of fused-ring (bicyclic) bond motifs is 4. The lowest BCUT2D eigenvalue weighted by Crippen LogP contribution is -1.90. The summed E-state index contributed by atoms with van der Waals surface area (Å²) in [5.41, 5.74) is 3.09. The van der Waals surface area contributed by atoms with Crippen molar-refractivity contribution in [1.29, 1.82) is 0 Å². The fraction of sp³-hybridized carbons (Fsp3) is 0. The summed E-state index contributed by atoms with van der Waals surface area (Å²) in [5.74, 6) is 0. The molecule has 0 atom stereocenters. The van der Waals surface area contributed by atoms with Gasteiger partial charge in [0.25, 0.3) is 0 Å². The van der Waals surface area contributed by atoms with E-state index in [1.807, 2.05) is 54.6 Å². The molecule has 0 aliphatic rings. The molecular formula is C32H20N2S. The molecule has 7 aromatic rings. The summed E-state index contributed by atoms with van der Waals surface area (Å²) >= 11 is 1.69. The summed E-state index contributed by atoms with van der Waals surface area (Å²) in [4.78, 5) is 11.2. The van der Waals surface area contributed by atoms with Crippen LogP contribution in [0.5, 0.6) is 0 Å². The second-order valence-corrected chi connectivity index (χ2v) is 9.20. The van der Waals surface area contributed by atoms with Gasteiger partial charge in [-0.2, -0.15) is 0 Å². The highest BCUT2D eigenvalue weighted by Crippen LogP contribution is 2.40. The summed E-state index contributed by atoms with van der Waals surface area (Å²) in [5, 5.41) is 1.70. The Labute approximate surface area is 217 Å². The van der Waals surface area contributed by atoms with Crippen LogP contribution >= 0.6 is 11.3 Å². The molecule has 0 bridgehead atoms. The van der Waals surface area contributed by atoms with Gasteiger partial charge in [-0.15, -0.1) is 11.3 Å². The zero-order valence-electron chi connectivity index (χ0n) is 25.3. The van der Waals surface area contributed by atoms with Crippen LogP contribution in [0.15, 0.2) is 121 Å². The van der Waals surface area contributed by atoms with Crippen LogP contribution in [0, 0.1) is 0 Å². The van der Waals surface area contributed by atoms with Crippen molar-refractivity contribution in [2.75, 3.05) is 0 Å². The summed E-state index contributed by atoms with van der Waals surface area (Å²) < 4.78 is 59.2. The van der Waals surface area contributed by atoms with Gasteiger partial charge in [0.2, 0.25) is 0 Å². The molecule has 0 saturated heterocycles. The third kappa shape index (κ3) is 3.40. The lowest BCUT2D eigenvalue weighted by molar-refractivity contribution is 1.37. The Hall–Kier alpha value is -4.34. The zero-order chi connectivity index (χ0) is 29.3. The molecule has 4 aromatic carbocycles. The van der Waals surface area contributed by atoms with Crippen molar-refractivity contribution in [1.82, 2.24) is 9.97 Å². The fourth-order valence-corrected chi connectivity index (χ4v) is 5.45. The van der Waals surface area contributed by atoms with Gasteiger partial charge < -0.3 is 0 Å². The van der Waals surface area contributed by atoms with Gasteiger partial charge in [0, 0.05) is 32.3 Å². The number of aromatic nitrogens is 2. The lowest BCUT2D eigenvalue weighted by Gasteiger charge is -2.11. The smallest absolute Gasteiger partial charge is 0.0972 e. The van der Waals surface area contributed by atoms with E-state index < -0.39 is 12.2 Å². The Morgan fingerprint density at radius 1 is 0.600 bits per heavy atom. The Kier molecular flexibility index (Phi) is 3.30. The molecule has 0 N–H and O–H groups in total. The van der Waals surface area contributed by atoms with Crippen LogP contribution in [-0.4, -0.2) is 9.97 Å². The van der Waals surface area contributed by atoms with Gasteiger partial charge in [0.15, 0.2) is 0 Å². The molecule has 0 radical (unpaired) electrons. The van der Waals surface area contributed by atoms with Crippen LogP contribution in [0.4, 0.5) is 0 Å². The number of rotatable bonds is 3. The summed E-state index contributed by atoms with van der Waals surface area (Å²) in [6.07, 6.45) is -0.448. The van der Waals surface area contributed by atoms with E-state index in [1.165, 1.54) is 0 Å². The van der Waals surface area contributed by atoms with Crippen LogP contribution in [0.3, 0.4) is 0 Å². The molecule has 0 unspecified atom stereocenters.